The zero-order chi connectivity index (χ0) is 15.6. The number of rotatable bonds is 5. The van der Waals surface area contributed by atoms with E-state index in [2.05, 4.69) is 4.72 Å². The molecule has 1 aliphatic carbocycles. The third-order valence-corrected chi connectivity index (χ3v) is 7.21. The van der Waals surface area contributed by atoms with Crippen LogP contribution < -0.4 is 4.72 Å². The highest BCUT2D eigenvalue weighted by atomic mass is 32.2. The van der Waals surface area contributed by atoms with Crippen molar-refractivity contribution >= 4 is 27.3 Å². The van der Waals surface area contributed by atoms with Crippen LogP contribution in [0.1, 0.15) is 36.1 Å². The Morgan fingerprint density at radius 1 is 1.33 bits per heavy atom. The van der Waals surface area contributed by atoms with Gasteiger partial charge in [0.2, 0.25) is 10.0 Å². The Morgan fingerprint density at radius 3 is 2.43 bits per heavy atom. The highest BCUT2D eigenvalue weighted by Crippen LogP contribution is 2.30. The molecular formula is C14H21NO4S2. The topological polar surface area (TPSA) is 83.5 Å². The maximum atomic E-state index is 12.3. The molecule has 0 spiro atoms. The molecule has 1 heterocycles. The van der Waals surface area contributed by atoms with Gasteiger partial charge in [0.1, 0.15) is 4.21 Å². The fourth-order valence-corrected chi connectivity index (χ4v) is 5.62. The van der Waals surface area contributed by atoms with Gasteiger partial charge < -0.3 is 5.11 Å². The third kappa shape index (κ3) is 4.05. The molecule has 1 saturated carbocycles. The highest BCUT2D eigenvalue weighted by Gasteiger charge is 2.27. The molecule has 21 heavy (non-hydrogen) atoms. The van der Waals surface area contributed by atoms with E-state index in [0.29, 0.717) is 23.6 Å². The molecule has 0 saturated heterocycles. The van der Waals surface area contributed by atoms with Gasteiger partial charge in [0.25, 0.3) is 0 Å². The molecule has 1 aromatic heterocycles. The molecule has 0 atom stereocenters. The van der Waals surface area contributed by atoms with E-state index in [1.807, 2.05) is 13.0 Å². The Bertz CT molecular complexity index is 613. The summed E-state index contributed by atoms with van der Waals surface area (Å²) in [5.41, 5.74) is 0.777. The van der Waals surface area contributed by atoms with E-state index in [1.54, 1.807) is 6.92 Å². The summed E-state index contributed by atoms with van der Waals surface area (Å²) in [5, 5.41) is 8.96. The lowest BCUT2D eigenvalue weighted by Crippen LogP contribution is -2.32. The Hall–Kier alpha value is -0.920. The second kappa shape index (κ2) is 6.46. The van der Waals surface area contributed by atoms with Crippen LogP contribution in [-0.2, 0) is 14.8 Å². The van der Waals surface area contributed by atoms with E-state index < -0.39 is 16.0 Å². The Labute approximate surface area is 129 Å². The number of carboxylic acid groups (broad SMARTS) is 1. The molecule has 118 valence electrons. The molecule has 0 amide bonds. The van der Waals surface area contributed by atoms with Crippen molar-refractivity contribution in [2.75, 3.05) is 6.54 Å². The second-order valence-electron chi connectivity index (χ2n) is 5.74. The number of carbonyl (C=O) groups is 1. The summed E-state index contributed by atoms with van der Waals surface area (Å²) in [6, 6.07) is 1.87. The normalized spacial score (nSPS) is 23.1. The lowest BCUT2D eigenvalue weighted by atomic mass is 9.82. The second-order valence-corrected chi connectivity index (χ2v) is 8.95. The molecule has 0 aliphatic heterocycles. The van der Waals surface area contributed by atoms with Gasteiger partial charge in [-0.05, 0) is 57.1 Å². The number of sulfonamides is 1. The van der Waals surface area contributed by atoms with E-state index in [-0.39, 0.29) is 11.8 Å². The van der Waals surface area contributed by atoms with Crippen molar-refractivity contribution in [2.45, 2.75) is 43.7 Å². The Kier molecular flexibility index (Phi) is 5.06. The van der Waals surface area contributed by atoms with Crippen molar-refractivity contribution in [1.82, 2.24) is 4.72 Å². The van der Waals surface area contributed by atoms with E-state index in [0.717, 1.165) is 23.3 Å². The van der Waals surface area contributed by atoms with Crippen LogP contribution in [-0.4, -0.2) is 26.0 Å². The molecule has 0 radical (unpaired) electrons. The van der Waals surface area contributed by atoms with Gasteiger partial charge in [0.15, 0.2) is 0 Å². The minimum absolute atomic E-state index is 0.233. The zero-order valence-corrected chi connectivity index (χ0v) is 13.9. The van der Waals surface area contributed by atoms with Crippen LogP contribution in [0, 0.1) is 25.7 Å². The number of aliphatic carboxylic acids is 1. The average Bonchev–Trinajstić information content (AvgIpc) is 2.77. The van der Waals surface area contributed by atoms with E-state index >= 15 is 0 Å². The first kappa shape index (κ1) is 16.5. The van der Waals surface area contributed by atoms with Gasteiger partial charge in [-0.1, -0.05) is 0 Å². The molecule has 1 fully saturated rings. The predicted molar refractivity (Wildman–Crippen MR) is 82.1 cm³/mol. The molecule has 0 bridgehead atoms. The van der Waals surface area contributed by atoms with Gasteiger partial charge in [-0.25, -0.2) is 13.1 Å². The number of nitrogens with one attached hydrogen (secondary N) is 1. The summed E-state index contributed by atoms with van der Waals surface area (Å²) in [5.74, 6) is -0.768. The summed E-state index contributed by atoms with van der Waals surface area (Å²) in [7, 11) is -3.45. The summed E-state index contributed by atoms with van der Waals surface area (Å²) in [6.45, 7) is 4.09. The van der Waals surface area contributed by atoms with Crippen LogP contribution in [0.5, 0.6) is 0 Å². The third-order valence-electron chi connectivity index (χ3n) is 4.00. The van der Waals surface area contributed by atoms with Gasteiger partial charge in [-0.3, -0.25) is 4.79 Å². The van der Waals surface area contributed by atoms with Crippen LogP contribution in [0.15, 0.2) is 10.3 Å². The number of carboxylic acids is 1. The summed E-state index contributed by atoms with van der Waals surface area (Å²) < 4.78 is 27.6. The number of hydrogen-bond donors (Lipinski definition) is 2. The van der Waals surface area contributed by atoms with E-state index in [1.165, 1.54) is 11.3 Å². The molecule has 7 heteroatoms. The number of hydrogen-bond acceptors (Lipinski definition) is 4. The molecule has 2 N–H and O–H groups in total. The molecule has 0 aromatic carbocycles. The molecule has 2 rings (SSSR count). The lowest BCUT2D eigenvalue weighted by molar-refractivity contribution is -0.143. The fourth-order valence-electron chi connectivity index (χ4n) is 2.79. The first-order valence-electron chi connectivity index (χ1n) is 7.09. The fraction of sp³-hybridized carbons (Fsp3) is 0.643. The SMILES string of the molecule is Cc1cc(C)c(S(=O)(=O)NCC2CCC(C(=O)O)CC2)s1. The standard InChI is InChI=1S/C14H21NO4S2/c1-9-7-10(2)20-14(9)21(18,19)15-8-11-3-5-12(6-4-11)13(16)17/h7,11-12,15H,3-6,8H2,1-2H3,(H,16,17). The lowest BCUT2D eigenvalue weighted by Gasteiger charge is -2.26. The number of thiophene rings is 1. The largest absolute Gasteiger partial charge is 0.481 e. The first-order chi connectivity index (χ1) is 9.79. The minimum atomic E-state index is -3.45. The van der Waals surface area contributed by atoms with Crippen molar-refractivity contribution < 1.29 is 18.3 Å². The van der Waals surface area contributed by atoms with Crippen molar-refractivity contribution in [2.24, 2.45) is 11.8 Å². The van der Waals surface area contributed by atoms with Crippen LogP contribution in [0.25, 0.3) is 0 Å². The first-order valence-corrected chi connectivity index (χ1v) is 9.39. The summed E-state index contributed by atoms with van der Waals surface area (Å²) in [4.78, 5) is 11.9. The monoisotopic (exact) mass is 331 g/mol. The van der Waals surface area contributed by atoms with Gasteiger partial charge in [-0.15, -0.1) is 11.3 Å². The Morgan fingerprint density at radius 2 is 1.95 bits per heavy atom. The van der Waals surface area contributed by atoms with Crippen molar-refractivity contribution in [3.8, 4) is 0 Å². The molecule has 1 aromatic rings. The average molecular weight is 331 g/mol. The van der Waals surface area contributed by atoms with E-state index in [4.69, 9.17) is 5.11 Å². The Balaban J connectivity index is 1.91. The van der Waals surface area contributed by atoms with Crippen LogP contribution in [0.4, 0.5) is 0 Å². The maximum absolute atomic E-state index is 12.3. The number of aryl methyl sites for hydroxylation is 2. The zero-order valence-electron chi connectivity index (χ0n) is 12.3. The van der Waals surface area contributed by atoms with Gasteiger partial charge >= 0.3 is 5.97 Å². The van der Waals surface area contributed by atoms with Crippen molar-refractivity contribution in [3.63, 3.8) is 0 Å². The van der Waals surface area contributed by atoms with Crippen LogP contribution >= 0.6 is 11.3 Å². The quantitative estimate of drug-likeness (QED) is 0.868. The molecular weight excluding hydrogens is 310 g/mol. The molecule has 1 aliphatic rings. The van der Waals surface area contributed by atoms with Crippen LogP contribution in [0.3, 0.4) is 0 Å². The maximum Gasteiger partial charge on any atom is 0.306 e. The smallest absolute Gasteiger partial charge is 0.306 e. The summed E-state index contributed by atoms with van der Waals surface area (Å²) >= 11 is 1.28. The van der Waals surface area contributed by atoms with Gasteiger partial charge in [0.05, 0.1) is 5.92 Å². The van der Waals surface area contributed by atoms with Crippen molar-refractivity contribution in [3.05, 3.63) is 16.5 Å². The minimum Gasteiger partial charge on any atom is -0.481 e. The van der Waals surface area contributed by atoms with Crippen molar-refractivity contribution in [1.29, 1.82) is 0 Å². The van der Waals surface area contributed by atoms with Crippen LogP contribution in [0.2, 0.25) is 0 Å². The van der Waals surface area contributed by atoms with Gasteiger partial charge in [-0.2, -0.15) is 0 Å². The molecule has 0 unspecified atom stereocenters. The predicted octanol–water partition coefficient (Wildman–Crippen LogP) is 2.53. The highest BCUT2D eigenvalue weighted by molar-refractivity contribution is 7.91. The van der Waals surface area contributed by atoms with E-state index in [9.17, 15) is 13.2 Å². The van der Waals surface area contributed by atoms with Gasteiger partial charge in [0, 0.05) is 11.4 Å². The molecule has 5 nitrogen and oxygen atoms in total. The summed E-state index contributed by atoms with van der Waals surface area (Å²) in [6.07, 6.45) is 2.81.